The van der Waals surface area contributed by atoms with Gasteiger partial charge in [0, 0.05) is 55.6 Å². The van der Waals surface area contributed by atoms with Crippen LogP contribution in [0.4, 0.5) is 18.0 Å². The summed E-state index contributed by atoms with van der Waals surface area (Å²) in [5.74, 6) is -0.187. The van der Waals surface area contributed by atoms with Crippen molar-refractivity contribution in [2.75, 3.05) is 26.2 Å². The Labute approximate surface area is 195 Å². The Hall–Kier alpha value is -3.30. The Kier molecular flexibility index (Phi) is 5.73. The molecule has 0 N–H and O–H groups in total. The molecule has 0 bridgehead atoms. The molecule has 34 heavy (non-hydrogen) atoms. The van der Waals surface area contributed by atoms with E-state index in [1.54, 1.807) is 35.1 Å². The number of ether oxygens (including phenoxy) is 1. The van der Waals surface area contributed by atoms with Gasteiger partial charge in [-0.15, -0.1) is 0 Å². The maximum Gasteiger partial charge on any atom is 0.416 e. The third-order valence-corrected chi connectivity index (χ3v) is 5.75. The van der Waals surface area contributed by atoms with Crippen molar-refractivity contribution in [1.29, 1.82) is 0 Å². The number of alkyl halides is 3. The number of halogens is 3. The molecule has 4 rings (SSSR count). The number of benzene rings is 1. The summed E-state index contributed by atoms with van der Waals surface area (Å²) in [6.07, 6.45) is -0.338. The van der Waals surface area contributed by atoms with Crippen LogP contribution in [0.15, 0.2) is 36.5 Å². The van der Waals surface area contributed by atoms with Crippen molar-refractivity contribution in [1.82, 2.24) is 19.6 Å². The summed E-state index contributed by atoms with van der Waals surface area (Å²) in [6.45, 7) is 9.30. The second kappa shape index (κ2) is 8.18. The topological polar surface area (TPSA) is 67.7 Å². The van der Waals surface area contributed by atoms with Crippen LogP contribution in [0.2, 0.25) is 0 Å². The van der Waals surface area contributed by atoms with E-state index in [-0.39, 0.29) is 17.4 Å². The van der Waals surface area contributed by atoms with Gasteiger partial charge >= 0.3 is 12.3 Å². The van der Waals surface area contributed by atoms with E-state index in [1.807, 2.05) is 20.8 Å². The molecule has 1 spiro atoms. The van der Waals surface area contributed by atoms with Gasteiger partial charge in [0.25, 0.3) is 0 Å². The monoisotopic (exact) mass is 476 g/mol. The highest BCUT2D eigenvalue weighted by atomic mass is 19.4. The quantitative estimate of drug-likeness (QED) is 0.615. The van der Waals surface area contributed by atoms with E-state index < -0.39 is 17.3 Å². The van der Waals surface area contributed by atoms with Crippen molar-refractivity contribution in [3.63, 3.8) is 0 Å². The number of carbonyl (C=O) groups is 2. The molecule has 1 aromatic heterocycles. The number of nitrogens with zero attached hydrogens (tertiary/aromatic N) is 4. The van der Waals surface area contributed by atoms with Gasteiger partial charge < -0.3 is 14.5 Å². The van der Waals surface area contributed by atoms with Crippen molar-refractivity contribution >= 4 is 18.2 Å². The van der Waals surface area contributed by atoms with Crippen molar-refractivity contribution in [3.8, 4) is 11.3 Å². The molecule has 2 aliphatic rings. The van der Waals surface area contributed by atoms with Crippen molar-refractivity contribution < 1.29 is 27.5 Å². The van der Waals surface area contributed by atoms with Crippen LogP contribution in [-0.2, 0) is 15.7 Å². The molecule has 2 saturated heterocycles. The highest BCUT2D eigenvalue weighted by molar-refractivity contribution is 5.91. The predicted molar refractivity (Wildman–Crippen MR) is 120 cm³/mol. The SMILES string of the molecule is Cc1cc(-c2ccn(/C=C\C(=O)N3CC4(C3)CN(C(=O)OC(C)(C)C)C4)n2)cc(C(F)(F)F)c1. The fourth-order valence-electron chi connectivity index (χ4n) is 4.25. The van der Waals surface area contributed by atoms with Crippen LogP contribution in [0.1, 0.15) is 31.9 Å². The fraction of sp³-hybridized carbons (Fsp3) is 0.458. The van der Waals surface area contributed by atoms with Gasteiger partial charge in [-0.1, -0.05) is 0 Å². The van der Waals surface area contributed by atoms with Crippen molar-refractivity contribution in [3.05, 3.63) is 47.7 Å². The van der Waals surface area contributed by atoms with Gasteiger partial charge in [0.05, 0.1) is 11.3 Å². The van der Waals surface area contributed by atoms with Crippen LogP contribution in [0.25, 0.3) is 17.5 Å². The van der Waals surface area contributed by atoms with Gasteiger partial charge in [0.2, 0.25) is 5.91 Å². The summed E-state index contributed by atoms with van der Waals surface area (Å²) in [7, 11) is 0. The Morgan fingerprint density at radius 1 is 1.06 bits per heavy atom. The summed E-state index contributed by atoms with van der Waals surface area (Å²) in [5, 5.41) is 4.27. The molecule has 10 heteroatoms. The second-order valence-corrected chi connectivity index (χ2v) is 10.1. The van der Waals surface area contributed by atoms with Gasteiger partial charge in [-0.2, -0.15) is 18.3 Å². The maximum absolute atomic E-state index is 13.1. The smallest absolute Gasteiger partial charge is 0.416 e. The normalized spacial score (nSPS) is 17.6. The van der Waals surface area contributed by atoms with E-state index in [0.717, 1.165) is 12.1 Å². The highest BCUT2D eigenvalue weighted by Crippen LogP contribution is 2.40. The van der Waals surface area contributed by atoms with Crippen LogP contribution in [0.5, 0.6) is 0 Å². The van der Waals surface area contributed by atoms with Gasteiger partial charge in [-0.25, -0.2) is 9.48 Å². The number of hydrogen-bond donors (Lipinski definition) is 0. The van der Waals surface area contributed by atoms with Crippen molar-refractivity contribution in [2.45, 2.75) is 39.5 Å². The molecule has 2 fully saturated rings. The van der Waals surface area contributed by atoms with E-state index in [0.29, 0.717) is 43.0 Å². The molecule has 0 saturated carbocycles. The Morgan fingerprint density at radius 2 is 1.71 bits per heavy atom. The number of carbonyl (C=O) groups excluding carboxylic acids is 2. The first-order valence-corrected chi connectivity index (χ1v) is 10.9. The lowest BCUT2D eigenvalue weighted by Crippen LogP contribution is -2.73. The molecule has 182 valence electrons. The minimum Gasteiger partial charge on any atom is -0.444 e. The average Bonchev–Trinajstić information content (AvgIpc) is 3.10. The summed E-state index contributed by atoms with van der Waals surface area (Å²) in [5.41, 5.74) is -0.117. The fourth-order valence-corrected chi connectivity index (χ4v) is 4.25. The van der Waals surface area contributed by atoms with Gasteiger partial charge in [-0.05, 0) is 57.5 Å². The number of hydrogen-bond acceptors (Lipinski definition) is 4. The molecular weight excluding hydrogens is 449 g/mol. The number of amides is 2. The summed E-state index contributed by atoms with van der Waals surface area (Å²) in [6, 6.07) is 5.39. The third-order valence-electron chi connectivity index (χ3n) is 5.75. The van der Waals surface area contributed by atoms with E-state index in [4.69, 9.17) is 4.74 Å². The van der Waals surface area contributed by atoms with Crippen LogP contribution in [0.3, 0.4) is 0 Å². The lowest BCUT2D eigenvalue weighted by atomic mass is 9.73. The first-order valence-electron chi connectivity index (χ1n) is 10.9. The number of aromatic nitrogens is 2. The first-order chi connectivity index (χ1) is 15.7. The van der Waals surface area contributed by atoms with Crippen LogP contribution >= 0.6 is 0 Å². The molecule has 0 atom stereocenters. The first kappa shape index (κ1) is 23.8. The average molecular weight is 476 g/mol. The second-order valence-electron chi connectivity index (χ2n) is 10.1. The molecule has 1 aromatic carbocycles. The molecule has 0 unspecified atom stereocenters. The highest BCUT2D eigenvalue weighted by Gasteiger charge is 2.54. The zero-order valence-electron chi connectivity index (χ0n) is 19.5. The molecular formula is C24H27F3N4O3. The Bertz CT molecular complexity index is 1130. The zero-order valence-corrected chi connectivity index (χ0v) is 19.5. The number of likely N-dealkylation sites (tertiary alicyclic amines) is 2. The number of aryl methyl sites for hydroxylation is 1. The van der Waals surface area contributed by atoms with E-state index in [2.05, 4.69) is 5.10 Å². The van der Waals surface area contributed by atoms with E-state index >= 15 is 0 Å². The van der Waals surface area contributed by atoms with E-state index in [9.17, 15) is 22.8 Å². The Morgan fingerprint density at radius 3 is 2.32 bits per heavy atom. The van der Waals surface area contributed by atoms with Crippen LogP contribution < -0.4 is 0 Å². The lowest BCUT2D eigenvalue weighted by Gasteiger charge is -2.59. The minimum absolute atomic E-state index is 0.0688. The van der Waals surface area contributed by atoms with Crippen LogP contribution in [-0.4, -0.2) is 63.4 Å². The molecule has 2 aliphatic heterocycles. The Balaban J connectivity index is 1.31. The van der Waals surface area contributed by atoms with Gasteiger partial charge in [-0.3, -0.25) is 4.79 Å². The predicted octanol–water partition coefficient (Wildman–Crippen LogP) is 4.43. The molecule has 7 nitrogen and oxygen atoms in total. The molecule has 0 aliphatic carbocycles. The summed E-state index contributed by atoms with van der Waals surface area (Å²) >= 11 is 0. The molecule has 3 heterocycles. The molecule has 2 amide bonds. The standard InChI is InChI=1S/C24H27F3N4O3/c1-16-9-17(11-18(10-16)24(25,26)27)19-5-7-31(28-19)8-6-20(32)29-12-23(13-29)14-30(15-23)21(33)34-22(2,3)4/h5-11H,12-15H2,1-4H3/b8-6-. The number of rotatable bonds is 3. The van der Waals surface area contributed by atoms with Crippen LogP contribution in [0, 0.1) is 12.3 Å². The van der Waals surface area contributed by atoms with E-state index in [1.165, 1.54) is 17.0 Å². The minimum atomic E-state index is -4.44. The van der Waals surface area contributed by atoms with Gasteiger partial charge in [0.15, 0.2) is 0 Å². The third kappa shape index (κ3) is 5.10. The van der Waals surface area contributed by atoms with Crippen molar-refractivity contribution in [2.24, 2.45) is 5.41 Å². The lowest BCUT2D eigenvalue weighted by molar-refractivity contribution is -0.151. The zero-order chi connectivity index (χ0) is 24.9. The largest absolute Gasteiger partial charge is 0.444 e. The summed E-state index contributed by atoms with van der Waals surface area (Å²) in [4.78, 5) is 27.9. The maximum atomic E-state index is 13.1. The van der Waals surface area contributed by atoms with Gasteiger partial charge in [0.1, 0.15) is 5.60 Å². The molecule has 2 aromatic rings. The summed E-state index contributed by atoms with van der Waals surface area (Å²) < 4.78 is 46.1. The molecule has 0 radical (unpaired) electrons.